The summed E-state index contributed by atoms with van der Waals surface area (Å²) in [6.07, 6.45) is 5.72. The number of nitrogens with zero attached hydrogens (tertiary/aromatic N) is 2. The van der Waals surface area contributed by atoms with E-state index in [1.54, 1.807) is 12.4 Å². The number of amides is 1. The third kappa shape index (κ3) is 5.54. The molecule has 1 fully saturated rings. The van der Waals surface area contributed by atoms with Crippen LogP contribution in [0.2, 0.25) is 0 Å². The van der Waals surface area contributed by atoms with Crippen molar-refractivity contribution < 1.29 is 9.90 Å². The molecule has 0 saturated heterocycles. The maximum atomic E-state index is 12.2. The minimum Gasteiger partial charge on any atom is -0.465 e. The van der Waals surface area contributed by atoms with Crippen LogP contribution >= 0.6 is 0 Å². The number of hydrogen-bond donors (Lipinski definition) is 2. The molecule has 2 aromatic carbocycles. The molecule has 1 amide bonds. The van der Waals surface area contributed by atoms with Crippen LogP contribution in [0, 0.1) is 5.92 Å². The summed E-state index contributed by atoms with van der Waals surface area (Å²) in [6, 6.07) is 22.6. The Kier molecular flexibility index (Phi) is 7.17. The van der Waals surface area contributed by atoms with Gasteiger partial charge in [-0.1, -0.05) is 67.6 Å². The average molecular weight is 430 g/mol. The third-order valence-corrected chi connectivity index (χ3v) is 6.36. The second-order valence-electron chi connectivity index (χ2n) is 8.86. The highest BCUT2D eigenvalue weighted by molar-refractivity contribution is 5.87. The molecule has 0 radical (unpaired) electrons. The molecule has 0 bridgehead atoms. The fourth-order valence-electron chi connectivity index (χ4n) is 4.87. The highest BCUT2D eigenvalue weighted by Gasteiger charge is 2.30. The quantitative estimate of drug-likeness (QED) is 0.496. The third-order valence-electron chi connectivity index (χ3n) is 6.36. The Labute approximate surface area is 190 Å². The summed E-state index contributed by atoms with van der Waals surface area (Å²) in [6.45, 7) is 3.46. The number of carboxylic acid groups (broad SMARTS) is 1. The van der Waals surface area contributed by atoms with Crippen LogP contribution in [0.3, 0.4) is 0 Å². The summed E-state index contributed by atoms with van der Waals surface area (Å²) < 4.78 is 0. The standard InChI is InChI=1S/C27H31N3O2/c1-20-14-23(16-24(15-20)29-17-21-8-4-2-5-9-21)25-12-13-28-18-26(25)30(27(31)32)19-22-10-6-3-7-11-22/h2-13,18,20,23-24,29H,14-17,19H2,1H3,(H,31,32). The Morgan fingerprint density at radius 3 is 2.38 bits per heavy atom. The van der Waals surface area contributed by atoms with E-state index < -0.39 is 6.09 Å². The number of pyridine rings is 1. The van der Waals surface area contributed by atoms with Crippen molar-refractivity contribution in [1.29, 1.82) is 0 Å². The van der Waals surface area contributed by atoms with Gasteiger partial charge in [0, 0.05) is 18.8 Å². The van der Waals surface area contributed by atoms with Gasteiger partial charge in [-0.05, 0) is 53.9 Å². The second-order valence-corrected chi connectivity index (χ2v) is 8.86. The minimum absolute atomic E-state index is 0.294. The molecule has 32 heavy (non-hydrogen) atoms. The molecule has 5 heteroatoms. The molecule has 4 rings (SSSR count). The molecule has 1 aliphatic rings. The first-order chi connectivity index (χ1) is 15.6. The van der Waals surface area contributed by atoms with Crippen LogP contribution < -0.4 is 10.2 Å². The van der Waals surface area contributed by atoms with Gasteiger partial charge in [0.2, 0.25) is 0 Å². The Bertz CT molecular complexity index is 1010. The monoisotopic (exact) mass is 429 g/mol. The molecule has 3 unspecified atom stereocenters. The first kappa shape index (κ1) is 22.0. The molecule has 3 aromatic rings. The van der Waals surface area contributed by atoms with E-state index in [0.29, 0.717) is 30.1 Å². The van der Waals surface area contributed by atoms with Crippen molar-refractivity contribution in [2.24, 2.45) is 5.92 Å². The topological polar surface area (TPSA) is 65.5 Å². The second kappa shape index (κ2) is 10.4. The van der Waals surface area contributed by atoms with E-state index >= 15 is 0 Å². The summed E-state index contributed by atoms with van der Waals surface area (Å²) in [5.74, 6) is 0.859. The highest BCUT2D eigenvalue weighted by Crippen LogP contribution is 2.40. The molecule has 1 aromatic heterocycles. The molecule has 5 nitrogen and oxygen atoms in total. The number of rotatable bonds is 7. The average Bonchev–Trinajstić information content (AvgIpc) is 2.82. The fourth-order valence-corrected chi connectivity index (χ4v) is 4.87. The molecule has 1 saturated carbocycles. The Morgan fingerprint density at radius 1 is 1.00 bits per heavy atom. The molecular formula is C27H31N3O2. The van der Waals surface area contributed by atoms with E-state index in [-0.39, 0.29) is 0 Å². The first-order valence-corrected chi connectivity index (χ1v) is 11.4. The molecule has 166 valence electrons. The van der Waals surface area contributed by atoms with Crippen LogP contribution in [0.1, 0.15) is 48.8 Å². The Morgan fingerprint density at radius 2 is 1.69 bits per heavy atom. The molecule has 0 aliphatic heterocycles. The number of anilines is 1. The Balaban J connectivity index is 1.54. The maximum Gasteiger partial charge on any atom is 0.412 e. The number of hydrogen-bond acceptors (Lipinski definition) is 3. The van der Waals surface area contributed by atoms with Gasteiger partial charge in [-0.15, -0.1) is 0 Å². The van der Waals surface area contributed by atoms with E-state index in [2.05, 4.69) is 41.5 Å². The van der Waals surface area contributed by atoms with Crippen molar-refractivity contribution in [2.45, 2.75) is 51.2 Å². The summed E-state index contributed by atoms with van der Waals surface area (Å²) in [5.41, 5.74) is 4.03. The zero-order chi connectivity index (χ0) is 22.3. The zero-order valence-electron chi connectivity index (χ0n) is 18.5. The van der Waals surface area contributed by atoms with Gasteiger partial charge >= 0.3 is 6.09 Å². The van der Waals surface area contributed by atoms with Gasteiger partial charge in [0.15, 0.2) is 0 Å². The van der Waals surface area contributed by atoms with Crippen molar-refractivity contribution in [3.8, 4) is 0 Å². The first-order valence-electron chi connectivity index (χ1n) is 11.4. The van der Waals surface area contributed by atoms with Crippen LogP contribution in [0.5, 0.6) is 0 Å². The van der Waals surface area contributed by atoms with E-state index in [1.807, 2.05) is 42.5 Å². The number of nitrogens with one attached hydrogen (secondary N) is 1. The zero-order valence-corrected chi connectivity index (χ0v) is 18.5. The predicted molar refractivity (Wildman–Crippen MR) is 128 cm³/mol. The van der Waals surface area contributed by atoms with Crippen molar-refractivity contribution >= 4 is 11.8 Å². The number of benzene rings is 2. The number of carbonyl (C=O) groups is 1. The normalized spacial score (nSPS) is 20.6. The summed E-state index contributed by atoms with van der Waals surface area (Å²) in [7, 11) is 0. The minimum atomic E-state index is -0.953. The smallest absolute Gasteiger partial charge is 0.412 e. The highest BCUT2D eigenvalue weighted by atomic mass is 16.4. The fraction of sp³-hybridized carbons (Fsp3) is 0.333. The van der Waals surface area contributed by atoms with Crippen LogP contribution in [-0.4, -0.2) is 22.2 Å². The van der Waals surface area contributed by atoms with E-state index in [1.165, 1.54) is 10.5 Å². The van der Waals surface area contributed by atoms with Gasteiger partial charge in [-0.3, -0.25) is 9.88 Å². The van der Waals surface area contributed by atoms with Gasteiger partial charge in [-0.2, -0.15) is 0 Å². The SMILES string of the molecule is CC1CC(NCc2ccccc2)CC(c2ccncc2N(Cc2ccccc2)C(=O)O)C1. The van der Waals surface area contributed by atoms with Gasteiger partial charge in [-0.25, -0.2) is 4.79 Å². The lowest BCUT2D eigenvalue weighted by molar-refractivity contribution is 0.201. The number of aromatic nitrogens is 1. The lowest BCUT2D eigenvalue weighted by Crippen LogP contribution is -2.37. The van der Waals surface area contributed by atoms with Gasteiger partial charge in [0.1, 0.15) is 0 Å². The van der Waals surface area contributed by atoms with Crippen LogP contribution in [-0.2, 0) is 13.1 Å². The summed E-state index contributed by atoms with van der Waals surface area (Å²) in [5, 5.41) is 13.7. The summed E-state index contributed by atoms with van der Waals surface area (Å²) >= 11 is 0. The Hall–Kier alpha value is -3.18. The maximum absolute atomic E-state index is 12.2. The molecular weight excluding hydrogens is 398 g/mol. The summed E-state index contributed by atoms with van der Waals surface area (Å²) in [4.78, 5) is 17.9. The van der Waals surface area contributed by atoms with Crippen LogP contribution in [0.4, 0.5) is 10.5 Å². The van der Waals surface area contributed by atoms with Crippen molar-refractivity contribution in [1.82, 2.24) is 10.3 Å². The largest absolute Gasteiger partial charge is 0.465 e. The van der Waals surface area contributed by atoms with Crippen molar-refractivity contribution in [2.75, 3.05) is 4.90 Å². The molecule has 0 spiro atoms. The van der Waals surface area contributed by atoms with Gasteiger partial charge in [0.25, 0.3) is 0 Å². The van der Waals surface area contributed by atoms with Gasteiger partial charge < -0.3 is 10.4 Å². The van der Waals surface area contributed by atoms with Crippen LogP contribution in [0.25, 0.3) is 0 Å². The molecule has 2 N–H and O–H groups in total. The van der Waals surface area contributed by atoms with Crippen LogP contribution in [0.15, 0.2) is 79.1 Å². The lowest BCUT2D eigenvalue weighted by atomic mass is 9.76. The predicted octanol–water partition coefficient (Wildman–Crippen LogP) is 5.83. The van der Waals surface area contributed by atoms with Crippen molar-refractivity contribution in [3.05, 3.63) is 95.8 Å². The molecule has 3 atom stereocenters. The van der Waals surface area contributed by atoms with E-state index in [4.69, 9.17) is 0 Å². The van der Waals surface area contributed by atoms with Crippen molar-refractivity contribution in [3.63, 3.8) is 0 Å². The lowest BCUT2D eigenvalue weighted by Gasteiger charge is -2.36. The van der Waals surface area contributed by atoms with E-state index in [0.717, 1.165) is 36.9 Å². The van der Waals surface area contributed by atoms with Gasteiger partial charge in [0.05, 0.1) is 18.4 Å². The molecule has 1 heterocycles. The van der Waals surface area contributed by atoms with E-state index in [9.17, 15) is 9.90 Å². The molecule has 1 aliphatic carbocycles.